The summed E-state index contributed by atoms with van der Waals surface area (Å²) in [6, 6.07) is 4.19. The van der Waals surface area contributed by atoms with Crippen molar-refractivity contribution in [2.24, 2.45) is 0 Å². The predicted octanol–water partition coefficient (Wildman–Crippen LogP) is 2.07. The van der Waals surface area contributed by atoms with Crippen LogP contribution >= 0.6 is 0 Å². The van der Waals surface area contributed by atoms with E-state index in [0.717, 1.165) is 0 Å². The molecule has 2 N–H and O–H groups in total. The summed E-state index contributed by atoms with van der Waals surface area (Å²) in [4.78, 5) is 3.90. The molecule has 0 unspecified atom stereocenters. The van der Waals surface area contributed by atoms with Gasteiger partial charge in [0.1, 0.15) is 23.5 Å². The van der Waals surface area contributed by atoms with Gasteiger partial charge >= 0.3 is 0 Å². The minimum absolute atomic E-state index is 0.0383. The lowest BCUT2D eigenvalue weighted by Gasteiger charge is -2.04. The number of ether oxygens (including phenoxy) is 1. The lowest BCUT2D eigenvalue weighted by molar-refractivity contribution is 0.415. The van der Waals surface area contributed by atoms with Crippen molar-refractivity contribution in [2.75, 3.05) is 12.8 Å². The Balaban J connectivity index is 2.55. The molecular formula is C10H9FN2O2. The third kappa shape index (κ3) is 1.76. The molecule has 1 aromatic heterocycles. The summed E-state index contributed by atoms with van der Waals surface area (Å²) in [5.41, 5.74) is 6.29. The second-order valence-electron chi connectivity index (χ2n) is 2.92. The highest BCUT2D eigenvalue weighted by Crippen LogP contribution is 2.30. The van der Waals surface area contributed by atoms with Crippen molar-refractivity contribution >= 4 is 6.01 Å². The van der Waals surface area contributed by atoms with Gasteiger partial charge in [-0.2, -0.15) is 4.98 Å². The zero-order valence-corrected chi connectivity index (χ0v) is 8.03. The first-order chi connectivity index (χ1) is 7.20. The molecule has 5 heteroatoms. The molecule has 1 aromatic carbocycles. The lowest BCUT2D eigenvalue weighted by atomic mass is 10.1. The second kappa shape index (κ2) is 3.61. The molecule has 2 rings (SSSR count). The average Bonchev–Trinajstić information content (AvgIpc) is 2.65. The van der Waals surface area contributed by atoms with Gasteiger partial charge in [-0.3, -0.25) is 0 Å². The summed E-state index contributed by atoms with van der Waals surface area (Å²) in [5, 5.41) is 0. The first-order valence-electron chi connectivity index (χ1n) is 4.25. The van der Waals surface area contributed by atoms with Crippen LogP contribution in [0.5, 0.6) is 5.75 Å². The number of anilines is 1. The number of methoxy groups -OCH3 is 1. The molecule has 0 amide bonds. The summed E-state index contributed by atoms with van der Waals surface area (Å²) in [6.07, 6.45) is 1.35. The zero-order valence-electron chi connectivity index (χ0n) is 8.03. The first-order valence-corrected chi connectivity index (χ1v) is 4.25. The molecule has 78 valence electrons. The summed E-state index contributed by atoms with van der Waals surface area (Å²) in [7, 11) is 1.50. The van der Waals surface area contributed by atoms with Crippen LogP contribution in [0.2, 0.25) is 0 Å². The van der Waals surface area contributed by atoms with Crippen molar-refractivity contribution in [3.8, 4) is 17.0 Å². The van der Waals surface area contributed by atoms with Crippen molar-refractivity contribution in [3.05, 3.63) is 30.3 Å². The molecule has 0 fully saturated rings. The van der Waals surface area contributed by atoms with Crippen molar-refractivity contribution in [3.63, 3.8) is 0 Å². The maximum absolute atomic E-state index is 13.0. The van der Waals surface area contributed by atoms with E-state index in [1.54, 1.807) is 0 Å². The van der Waals surface area contributed by atoms with E-state index in [1.165, 1.54) is 31.6 Å². The van der Waals surface area contributed by atoms with Gasteiger partial charge < -0.3 is 14.9 Å². The Kier molecular flexibility index (Phi) is 2.29. The molecule has 4 nitrogen and oxygen atoms in total. The maximum atomic E-state index is 13.0. The van der Waals surface area contributed by atoms with E-state index >= 15 is 0 Å². The highest BCUT2D eigenvalue weighted by atomic mass is 19.1. The van der Waals surface area contributed by atoms with Crippen molar-refractivity contribution in [1.29, 1.82) is 0 Å². The Morgan fingerprint density at radius 1 is 1.47 bits per heavy atom. The van der Waals surface area contributed by atoms with Gasteiger partial charge in [0, 0.05) is 5.56 Å². The molecule has 15 heavy (non-hydrogen) atoms. The van der Waals surface area contributed by atoms with E-state index < -0.39 is 0 Å². The fraction of sp³-hybridized carbons (Fsp3) is 0.100. The van der Waals surface area contributed by atoms with Crippen LogP contribution in [0.3, 0.4) is 0 Å². The number of rotatable bonds is 2. The van der Waals surface area contributed by atoms with Gasteiger partial charge in [0.05, 0.1) is 7.11 Å². The minimum atomic E-state index is -0.368. The predicted molar refractivity (Wildman–Crippen MR) is 52.9 cm³/mol. The smallest absolute Gasteiger partial charge is 0.292 e. The van der Waals surface area contributed by atoms with E-state index in [0.29, 0.717) is 17.0 Å². The van der Waals surface area contributed by atoms with E-state index in [2.05, 4.69) is 4.98 Å². The summed E-state index contributed by atoms with van der Waals surface area (Å²) in [6.45, 7) is 0. The van der Waals surface area contributed by atoms with Crippen LogP contribution in [-0.4, -0.2) is 12.1 Å². The quantitative estimate of drug-likeness (QED) is 0.820. The Morgan fingerprint density at radius 2 is 2.27 bits per heavy atom. The van der Waals surface area contributed by atoms with Gasteiger partial charge in [-0.25, -0.2) is 4.39 Å². The summed E-state index contributed by atoms with van der Waals surface area (Å²) >= 11 is 0. The van der Waals surface area contributed by atoms with Crippen LogP contribution in [0.1, 0.15) is 0 Å². The molecule has 1 heterocycles. The largest absolute Gasteiger partial charge is 0.496 e. The Morgan fingerprint density at radius 3 is 2.87 bits per heavy atom. The van der Waals surface area contributed by atoms with Crippen LogP contribution in [0.4, 0.5) is 10.4 Å². The molecule has 0 aliphatic carbocycles. The topological polar surface area (TPSA) is 61.3 Å². The van der Waals surface area contributed by atoms with Crippen LogP contribution in [-0.2, 0) is 0 Å². The van der Waals surface area contributed by atoms with Gasteiger partial charge in [-0.05, 0) is 18.2 Å². The van der Waals surface area contributed by atoms with Gasteiger partial charge in [0.2, 0.25) is 0 Å². The number of aromatic nitrogens is 1. The third-order valence-electron chi connectivity index (χ3n) is 1.96. The molecule has 0 atom stereocenters. The molecule has 0 aliphatic rings. The molecule has 0 radical (unpaired) electrons. The van der Waals surface area contributed by atoms with Crippen LogP contribution in [0.15, 0.2) is 28.9 Å². The van der Waals surface area contributed by atoms with Crippen molar-refractivity contribution in [2.45, 2.75) is 0 Å². The number of hydrogen-bond acceptors (Lipinski definition) is 4. The minimum Gasteiger partial charge on any atom is -0.496 e. The average molecular weight is 208 g/mol. The van der Waals surface area contributed by atoms with Crippen LogP contribution in [0.25, 0.3) is 11.3 Å². The number of benzene rings is 1. The standard InChI is InChI=1S/C10H9FN2O2/c1-14-9-3-2-6(11)4-7(9)8-5-15-10(12)13-8/h2-5H,1H3,(H2,12,13). The summed E-state index contributed by atoms with van der Waals surface area (Å²) in [5.74, 6) is 0.150. The molecule has 0 bridgehead atoms. The normalized spacial score (nSPS) is 10.3. The highest BCUT2D eigenvalue weighted by molar-refractivity contribution is 5.67. The number of hydrogen-bond donors (Lipinski definition) is 1. The zero-order chi connectivity index (χ0) is 10.8. The molecular weight excluding hydrogens is 199 g/mol. The Bertz CT molecular complexity index is 482. The number of halogens is 1. The third-order valence-corrected chi connectivity index (χ3v) is 1.96. The molecule has 0 spiro atoms. The van der Waals surface area contributed by atoms with E-state index in [1.807, 2.05) is 0 Å². The van der Waals surface area contributed by atoms with E-state index in [4.69, 9.17) is 14.9 Å². The maximum Gasteiger partial charge on any atom is 0.292 e. The number of nitrogens with two attached hydrogens (primary N) is 1. The molecule has 0 saturated heterocycles. The number of nitrogens with zero attached hydrogens (tertiary/aromatic N) is 1. The fourth-order valence-electron chi connectivity index (χ4n) is 1.29. The van der Waals surface area contributed by atoms with E-state index in [-0.39, 0.29) is 11.8 Å². The van der Waals surface area contributed by atoms with Crippen LogP contribution in [0, 0.1) is 5.82 Å². The first kappa shape index (κ1) is 9.51. The highest BCUT2D eigenvalue weighted by Gasteiger charge is 2.10. The molecule has 0 aliphatic heterocycles. The molecule has 2 aromatic rings. The Labute approximate surface area is 85.5 Å². The molecule has 0 saturated carbocycles. The fourth-order valence-corrected chi connectivity index (χ4v) is 1.29. The monoisotopic (exact) mass is 208 g/mol. The Hall–Kier alpha value is -2.04. The van der Waals surface area contributed by atoms with Gasteiger partial charge in [0.25, 0.3) is 6.01 Å². The van der Waals surface area contributed by atoms with E-state index in [9.17, 15) is 4.39 Å². The van der Waals surface area contributed by atoms with Gasteiger partial charge in [0.15, 0.2) is 0 Å². The second-order valence-corrected chi connectivity index (χ2v) is 2.92. The van der Waals surface area contributed by atoms with Crippen molar-refractivity contribution < 1.29 is 13.5 Å². The van der Waals surface area contributed by atoms with Gasteiger partial charge in [-0.1, -0.05) is 0 Å². The summed E-state index contributed by atoms with van der Waals surface area (Å²) < 4.78 is 23.0. The van der Waals surface area contributed by atoms with Crippen LogP contribution < -0.4 is 10.5 Å². The lowest BCUT2D eigenvalue weighted by Crippen LogP contribution is -1.90. The van der Waals surface area contributed by atoms with Gasteiger partial charge in [-0.15, -0.1) is 0 Å². The number of oxazole rings is 1. The SMILES string of the molecule is COc1ccc(F)cc1-c1coc(N)n1. The number of nitrogen functional groups attached to an aromatic ring is 1. The van der Waals surface area contributed by atoms with Crippen molar-refractivity contribution in [1.82, 2.24) is 4.98 Å².